The molecule has 5 heteroatoms. The standard InChI is InChI=1S/C13H16IN3O/c1-8(2)12-11(14)13(15)17(16-12)9-4-6-10(18-3)7-5-9/h4-8H,15H2,1-3H3. The summed E-state index contributed by atoms with van der Waals surface area (Å²) in [4.78, 5) is 0. The molecule has 0 aliphatic rings. The number of halogens is 1. The van der Waals surface area contributed by atoms with Crippen molar-refractivity contribution >= 4 is 28.4 Å². The largest absolute Gasteiger partial charge is 0.497 e. The Hall–Kier alpha value is -1.24. The Morgan fingerprint density at radius 1 is 1.28 bits per heavy atom. The monoisotopic (exact) mass is 357 g/mol. The number of rotatable bonds is 3. The van der Waals surface area contributed by atoms with Gasteiger partial charge in [0.15, 0.2) is 0 Å². The zero-order chi connectivity index (χ0) is 13.3. The van der Waals surface area contributed by atoms with Crippen LogP contribution in [0.15, 0.2) is 24.3 Å². The molecule has 96 valence electrons. The second-order valence-electron chi connectivity index (χ2n) is 4.35. The van der Waals surface area contributed by atoms with Crippen molar-refractivity contribution in [2.24, 2.45) is 0 Å². The van der Waals surface area contributed by atoms with Gasteiger partial charge in [-0.25, -0.2) is 4.68 Å². The van der Waals surface area contributed by atoms with Gasteiger partial charge in [0.05, 0.1) is 22.1 Å². The van der Waals surface area contributed by atoms with E-state index in [-0.39, 0.29) is 0 Å². The second kappa shape index (κ2) is 5.17. The maximum atomic E-state index is 6.11. The van der Waals surface area contributed by atoms with Gasteiger partial charge in [-0.15, -0.1) is 0 Å². The summed E-state index contributed by atoms with van der Waals surface area (Å²) in [6.07, 6.45) is 0. The number of ether oxygens (including phenoxy) is 1. The highest BCUT2D eigenvalue weighted by atomic mass is 127. The van der Waals surface area contributed by atoms with Crippen molar-refractivity contribution in [3.05, 3.63) is 33.5 Å². The topological polar surface area (TPSA) is 53.1 Å². The maximum Gasteiger partial charge on any atom is 0.141 e. The number of methoxy groups -OCH3 is 1. The van der Waals surface area contributed by atoms with Crippen LogP contribution in [-0.4, -0.2) is 16.9 Å². The summed E-state index contributed by atoms with van der Waals surface area (Å²) >= 11 is 2.25. The fraction of sp³-hybridized carbons (Fsp3) is 0.308. The molecule has 0 aliphatic carbocycles. The van der Waals surface area contributed by atoms with E-state index in [0.29, 0.717) is 11.7 Å². The summed E-state index contributed by atoms with van der Waals surface area (Å²) in [6.45, 7) is 4.23. The van der Waals surface area contributed by atoms with Crippen LogP contribution in [0.1, 0.15) is 25.5 Å². The zero-order valence-corrected chi connectivity index (χ0v) is 12.8. The van der Waals surface area contributed by atoms with Crippen LogP contribution in [0.2, 0.25) is 0 Å². The highest BCUT2D eigenvalue weighted by molar-refractivity contribution is 14.1. The van der Waals surface area contributed by atoms with Gasteiger partial charge in [-0.2, -0.15) is 5.10 Å². The van der Waals surface area contributed by atoms with Crippen LogP contribution >= 0.6 is 22.6 Å². The SMILES string of the molecule is COc1ccc(-n2nc(C(C)C)c(I)c2N)cc1. The summed E-state index contributed by atoms with van der Waals surface area (Å²) in [5, 5.41) is 4.58. The van der Waals surface area contributed by atoms with Gasteiger partial charge in [0.1, 0.15) is 11.6 Å². The molecule has 1 heterocycles. The first kappa shape index (κ1) is 13.2. The summed E-state index contributed by atoms with van der Waals surface area (Å²) in [6, 6.07) is 7.70. The van der Waals surface area contributed by atoms with Crippen molar-refractivity contribution in [2.75, 3.05) is 12.8 Å². The van der Waals surface area contributed by atoms with Gasteiger partial charge in [0.25, 0.3) is 0 Å². The number of anilines is 1. The summed E-state index contributed by atoms with van der Waals surface area (Å²) < 4.78 is 7.94. The third-order valence-electron chi connectivity index (χ3n) is 2.75. The van der Waals surface area contributed by atoms with E-state index in [4.69, 9.17) is 10.5 Å². The first-order valence-corrected chi connectivity index (χ1v) is 6.80. The van der Waals surface area contributed by atoms with Gasteiger partial charge < -0.3 is 10.5 Å². The van der Waals surface area contributed by atoms with Crippen molar-refractivity contribution in [3.8, 4) is 11.4 Å². The quantitative estimate of drug-likeness (QED) is 0.859. The Balaban J connectivity index is 2.47. The van der Waals surface area contributed by atoms with Gasteiger partial charge in [0, 0.05) is 0 Å². The molecule has 0 bridgehead atoms. The van der Waals surface area contributed by atoms with Crippen LogP contribution in [-0.2, 0) is 0 Å². The molecule has 0 fully saturated rings. The van der Waals surface area contributed by atoms with E-state index in [1.165, 1.54) is 0 Å². The number of nitrogens with two attached hydrogens (primary N) is 1. The Kier molecular flexibility index (Phi) is 3.79. The van der Waals surface area contributed by atoms with E-state index in [9.17, 15) is 0 Å². The van der Waals surface area contributed by atoms with Gasteiger partial charge in [-0.05, 0) is 52.8 Å². The molecule has 1 aromatic heterocycles. The highest BCUT2D eigenvalue weighted by Crippen LogP contribution is 2.28. The maximum absolute atomic E-state index is 6.11. The Morgan fingerprint density at radius 3 is 2.33 bits per heavy atom. The zero-order valence-electron chi connectivity index (χ0n) is 10.6. The second-order valence-corrected chi connectivity index (χ2v) is 5.43. The van der Waals surface area contributed by atoms with Crippen LogP contribution in [0.5, 0.6) is 5.75 Å². The van der Waals surface area contributed by atoms with Crippen LogP contribution < -0.4 is 10.5 Å². The number of aromatic nitrogens is 2. The molecule has 2 aromatic rings. The van der Waals surface area contributed by atoms with Gasteiger partial charge in [-0.3, -0.25) is 0 Å². The van der Waals surface area contributed by atoms with Crippen molar-refractivity contribution in [1.29, 1.82) is 0 Å². The molecule has 2 N–H and O–H groups in total. The fourth-order valence-corrected chi connectivity index (χ4v) is 2.68. The van der Waals surface area contributed by atoms with Gasteiger partial charge in [-0.1, -0.05) is 13.8 Å². The predicted molar refractivity (Wildman–Crippen MR) is 81.3 cm³/mol. The van der Waals surface area contributed by atoms with E-state index < -0.39 is 0 Å². The van der Waals surface area contributed by atoms with Crippen molar-refractivity contribution in [1.82, 2.24) is 9.78 Å². The van der Waals surface area contributed by atoms with Crippen molar-refractivity contribution in [3.63, 3.8) is 0 Å². The molecule has 18 heavy (non-hydrogen) atoms. The molecule has 0 radical (unpaired) electrons. The molecular weight excluding hydrogens is 341 g/mol. The van der Waals surface area contributed by atoms with Crippen LogP contribution in [0.4, 0.5) is 5.82 Å². The van der Waals surface area contributed by atoms with E-state index in [1.54, 1.807) is 11.8 Å². The molecule has 0 spiro atoms. The summed E-state index contributed by atoms with van der Waals surface area (Å²) in [5.41, 5.74) is 8.08. The predicted octanol–water partition coefficient (Wildman–Crippen LogP) is 3.19. The first-order valence-electron chi connectivity index (χ1n) is 5.73. The lowest BCUT2D eigenvalue weighted by molar-refractivity contribution is 0.414. The summed E-state index contributed by atoms with van der Waals surface area (Å²) in [7, 11) is 1.65. The molecule has 0 amide bonds. The summed E-state index contributed by atoms with van der Waals surface area (Å²) in [5.74, 6) is 1.87. The highest BCUT2D eigenvalue weighted by Gasteiger charge is 2.16. The minimum Gasteiger partial charge on any atom is -0.497 e. The van der Waals surface area contributed by atoms with Crippen LogP contribution in [0.25, 0.3) is 5.69 Å². The third-order valence-corrected chi connectivity index (χ3v) is 3.85. The van der Waals surface area contributed by atoms with Gasteiger partial charge >= 0.3 is 0 Å². The first-order chi connectivity index (χ1) is 8.54. The van der Waals surface area contributed by atoms with Crippen LogP contribution in [0, 0.1) is 3.57 Å². The minimum atomic E-state index is 0.360. The average molecular weight is 357 g/mol. The number of benzene rings is 1. The van der Waals surface area contributed by atoms with Crippen molar-refractivity contribution in [2.45, 2.75) is 19.8 Å². The molecular formula is C13H16IN3O. The normalized spacial score (nSPS) is 10.9. The number of hydrogen-bond acceptors (Lipinski definition) is 3. The number of nitrogens with zero attached hydrogens (tertiary/aromatic N) is 2. The molecule has 1 aromatic carbocycles. The van der Waals surface area contributed by atoms with Crippen LogP contribution in [0.3, 0.4) is 0 Å². The van der Waals surface area contributed by atoms with E-state index in [2.05, 4.69) is 41.5 Å². The Morgan fingerprint density at radius 2 is 1.89 bits per heavy atom. The molecule has 4 nitrogen and oxygen atoms in total. The average Bonchev–Trinajstić information content (AvgIpc) is 2.67. The van der Waals surface area contributed by atoms with Crippen molar-refractivity contribution < 1.29 is 4.74 Å². The van der Waals surface area contributed by atoms with E-state index in [1.807, 2.05) is 24.3 Å². The molecule has 0 atom stereocenters. The lowest BCUT2D eigenvalue weighted by Gasteiger charge is -2.05. The smallest absolute Gasteiger partial charge is 0.141 e. The molecule has 0 saturated carbocycles. The van der Waals surface area contributed by atoms with E-state index in [0.717, 1.165) is 20.7 Å². The molecule has 0 aliphatic heterocycles. The third kappa shape index (κ3) is 2.31. The Bertz CT molecular complexity index is 546. The van der Waals surface area contributed by atoms with E-state index >= 15 is 0 Å². The van der Waals surface area contributed by atoms with Gasteiger partial charge in [0.2, 0.25) is 0 Å². The molecule has 0 unspecified atom stereocenters. The lowest BCUT2D eigenvalue weighted by Crippen LogP contribution is -2.02. The fourth-order valence-electron chi connectivity index (χ4n) is 1.72. The number of hydrogen-bond donors (Lipinski definition) is 1. The lowest BCUT2D eigenvalue weighted by atomic mass is 10.1. The molecule has 0 saturated heterocycles. The Labute approximate surface area is 120 Å². The minimum absolute atomic E-state index is 0.360. The molecule has 2 rings (SSSR count). The number of nitrogen functional groups attached to an aromatic ring is 1.